The van der Waals surface area contributed by atoms with Gasteiger partial charge in [-0.2, -0.15) is 0 Å². The van der Waals surface area contributed by atoms with Crippen molar-refractivity contribution < 1.29 is 5.11 Å². The van der Waals surface area contributed by atoms with Crippen molar-refractivity contribution in [1.29, 1.82) is 0 Å². The molecule has 0 spiro atoms. The van der Waals surface area contributed by atoms with Gasteiger partial charge < -0.3 is 10.4 Å². The zero-order valence-electron chi connectivity index (χ0n) is 7.79. The highest BCUT2D eigenvalue weighted by Gasteiger charge is 2.29. The summed E-state index contributed by atoms with van der Waals surface area (Å²) in [5.74, 6) is 0.947. The smallest absolute Gasteiger partial charge is 0.0478 e. The van der Waals surface area contributed by atoms with Crippen LogP contribution in [0.2, 0.25) is 0 Å². The molecule has 2 nitrogen and oxygen atoms in total. The molecule has 13 heavy (non-hydrogen) atoms. The van der Waals surface area contributed by atoms with Crippen LogP contribution in [0.25, 0.3) is 0 Å². The first kappa shape index (κ1) is 9.19. The molecule has 0 amide bonds. The summed E-state index contributed by atoms with van der Waals surface area (Å²) in [6, 6.07) is 2.16. The molecule has 0 aromatic carbocycles. The zero-order chi connectivity index (χ0) is 9.26. The second-order valence-corrected chi connectivity index (χ2v) is 4.62. The highest BCUT2D eigenvalue weighted by molar-refractivity contribution is 7.10. The summed E-state index contributed by atoms with van der Waals surface area (Å²) < 4.78 is 0. The van der Waals surface area contributed by atoms with Gasteiger partial charge in [0.05, 0.1) is 0 Å². The lowest BCUT2D eigenvalue weighted by atomic mass is 9.93. The van der Waals surface area contributed by atoms with Crippen molar-refractivity contribution >= 4 is 11.3 Å². The Morgan fingerprint density at radius 2 is 2.46 bits per heavy atom. The van der Waals surface area contributed by atoms with E-state index in [0.29, 0.717) is 18.4 Å². The molecule has 2 heterocycles. The van der Waals surface area contributed by atoms with Crippen molar-refractivity contribution in [2.24, 2.45) is 5.92 Å². The van der Waals surface area contributed by atoms with Crippen molar-refractivity contribution in [2.75, 3.05) is 19.7 Å². The Bertz CT molecular complexity index is 284. The van der Waals surface area contributed by atoms with Gasteiger partial charge in [0, 0.05) is 36.4 Å². The van der Waals surface area contributed by atoms with Gasteiger partial charge in [-0.3, -0.25) is 0 Å². The normalized spacial score (nSPS) is 28.2. The molecule has 1 aliphatic heterocycles. The van der Waals surface area contributed by atoms with Gasteiger partial charge in [-0.05, 0) is 23.9 Å². The molecule has 1 aromatic heterocycles. The molecule has 3 heteroatoms. The number of aryl methyl sites for hydroxylation is 1. The molecule has 0 unspecified atom stereocenters. The highest BCUT2D eigenvalue weighted by atomic mass is 32.1. The van der Waals surface area contributed by atoms with Gasteiger partial charge in [0.2, 0.25) is 0 Å². The van der Waals surface area contributed by atoms with E-state index in [0.717, 1.165) is 13.1 Å². The number of thiophene rings is 1. The van der Waals surface area contributed by atoms with Crippen LogP contribution >= 0.6 is 11.3 Å². The number of aliphatic hydroxyl groups is 1. The molecule has 0 radical (unpaired) electrons. The number of nitrogens with one attached hydrogen (secondary N) is 1. The second kappa shape index (κ2) is 3.78. The summed E-state index contributed by atoms with van der Waals surface area (Å²) in [6.07, 6.45) is 0. The Labute approximate surface area is 82.6 Å². The van der Waals surface area contributed by atoms with Crippen LogP contribution in [0.3, 0.4) is 0 Å². The van der Waals surface area contributed by atoms with Gasteiger partial charge >= 0.3 is 0 Å². The molecule has 2 N–H and O–H groups in total. The Kier molecular flexibility index (Phi) is 2.67. The molecular formula is C10H15NOS. The van der Waals surface area contributed by atoms with Crippen LogP contribution in [-0.2, 0) is 0 Å². The van der Waals surface area contributed by atoms with Crippen LogP contribution in [0.15, 0.2) is 11.4 Å². The molecule has 1 aliphatic rings. The van der Waals surface area contributed by atoms with Crippen molar-refractivity contribution in [1.82, 2.24) is 5.32 Å². The lowest BCUT2D eigenvalue weighted by molar-refractivity contribution is 0.227. The van der Waals surface area contributed by atoms with E-state index in [4.69, 9.17) is 0 Å². The van der Waals surface area contributed by atoms with E-state index >= 15 is 0 Å². The summed E-state index contributed by atoms with van der Waals surface area (Å²) in [4.78, 5) is 1.45. The Balaban J connectivity index is 2.20. The van der Waals surface area contributed by atoms with Gasteiger partial charge in [0.15, 0.2) is 0 Å². The van der Waals surface area contributed by atoms with Crippen LogP contribution in [0.5, 0.6) is 0 Å². The Hall–Kier alpha value is -0.380. The first-order valence-corrected chi connectivity index (χ1v) is 5.56. The fourth-order valence-electron chi connectivity index (χ4n) is 2.00. The third-order valence-corrected chi connectivity index (χ3v) is 3.96. The molecule has 1 fully saturated rings. The van der Waals surface area contributed by atoms with E-state index in [-0.39, 0.29) is 0 Å². The van der Waals surface area contributed by atoms with Crippen molar-refractivity contribution in [2.45, 2.75) is 12.8 Å². The molecule has 2 atom stereocenters. The van der Waals surface area contributed by atoms with Gasteiger partial charge in [0.25, 0.3) is 0 Å². The Morgan fingerprint density at radius 3 is 3.08 bits per heavy atom. The monoisotopic (exact) mass is 197 g/mol. The fourth-order valence-corrected chi connectivity index (χ4v) is 3.12. The van der Waals surface area contributed by atoms with Crippen molar-refractivity contribution in [3.05, 3.63) is 21.9 Å². The quantitative estimate of drug-likeness (QED) is 0.750. The Morgan fingerprint density at radius 1 is 1.62 bits per heavy atom. The lowest BCUT2D eigenvalue weighted by Gasteiger charge is -2.15. The molecule has 1 aromatic rings. The molecule has 1 saturated heterocycles. The predicted octanol–water partition coefficient (Wildman–Crippen LogP) is 1.35. The van der Waals surface area contributed by atoms with Crippen molar-refractivity contribution in [3.8, 4) is 0 Å². The molecule has 0 bridgehead atoms. The van der Waals surface area contributed by atoms with Crippen LogP contribution < -0.4 is 5.32 Å². The maximum absolute atomic E-state index is 9.19. The molecule has 2 rings (SSSR count). The van der Waals surface area contributed by atoms with E-state index in [9.17, 15) is 5.11 Å². The van der Waals surface area contributed by atoms with E-state index in [1.807, 2.05) is 11.3 Å². The minimum Gasteiger partial charge on any atom is -0.396 e. The van der Waals surface area contributed by atoms with Gasteiger partial charge in [-0.25, -0.2) is 0 Å². The average molecular weight is 197 g/mol. The first-order chi connectivity index (χ1) is 6.33. The SMILES string of the molecule is Cc1ccsc1[C@@H]1CNC[C@@H]1CO. The molecule has 0 aliphatic carbocycles. The number of hydrogen-bond acceptors (Lipinski definition) is 3. The average Bonchev–Trinajstić information content (AvgIpc) is 2.71. The molecule has 0 saturated carbocycles. The third kappa shape index (κ3) is 1.64. The number of aliphatic hydroxyl groups excluding tert-OH is 1. The van der Waals surface area contributed by atoms with Gasteiger partial charge in [0.1, 0.15) is 0 Å². The van der Waals surface area contributed by atoms with Crippen LogP contribution in [0.1, 0.15) is 16.4 Å². The maximum atomic E-state index is 9.19. The van der Waals surface area contributed by atoms with E-state index in [2.05, 4.69) is 23.7 Å². The van der Waals surface area contributed by atoms with Crippen LogP contribution in [-0.4, -0.2) is 24.8 Å². The van der Waals surface area contributed by atoms with Gasteiger partial charge in [-0.1, -0.05) is 0 Å². The fraction of sp³-hybridized carbons (Fsp3) is 0.600. The first-order valence-electron chi connectivity index (χ1n) is 4.68. The molecular weight excluding hydrogens is 182 g/mol. The van der Waals surface area contributed by atoms with E-state index < -0.39 is 0 Å². The minimum absolute atomic E-state index is 0.301. The standard InChI is InChI=1S/C10H15NOS/c1-7-2-3-13-10(7)9-5-11-4-8(9)6-12/h2-3,8-9,11-12H,4-6H2,1H3/t8-,9-/m1/s1. The topological polar surface area (TPSA) is 32.3 Å². The minimum atomic E-state index is 0.301. The summed E-state index contributed by atoms with van der Waals surface area (Å²) in [5.41, 5.74) is 1.37. The van der Waals surface area contributed by atoms with Crippen LogP contribution in [0.4, 0.5) is 0 Å². The van der Waals surface area contributed by atoms with Crippen LogP contribution in [0, 0.1) is 12.8 Å². The highest BCUT2D eigenvalue weighted by Crippen LogP contribution is 2.33. The number of hydrogen-bond donors (Lipinski definition) is 2. The summed E-state index contributed by atoms with van der Waals surface area (Å²) in [7, 11) is 0. The summed E-state index contributed by atoms with van der Waals surface area (Å²) in [6.45, 7) is 4.43. The zero-order valence-corrected chi connectivity index (χ0v) is 8.60. The van der Waals surface area contributed by atoms with E-state index in [1.165, 1.54) is 10.4 Å². The molecule has 72 valence electrons. The summed E-state index contributed by atoms with van der Waals surface area (Å²) >= 11 is 1.81. The van der Waals surface area contributed by atoms with E-state index in [1.54, 1.807) is 0 Å². The third-order valence-electron chi connectivity index (χ3n) is 2.81. The number of rotatable bonds is 2. The van der Waals surface area contributed by atoms with Crippen molar-refractivity contribution in [3.63, 3.8) is 0 Å². The lowest BCUT2D eigenvalue weighted by Crippen LogP contribution is -2.14. The second-order valence-electron chi connectivity index (χ2n) is 3.68. The largest absolute Gasteiger partial charge is 0.396 e. The van der Waals surface area contributed by atoms with Gasteiger partial charge in [-0.15, -0.1) is 11.3 Å². The summed E-state index contributed by atoms with van der Waals surface area (Å²) in [5, 5.41) is 14.7. The predicted molar refractivity (Wildman–Crippen MR) is 55.2 cm³/mol. The maximum Gasteiger partial charge on any atom is 0.0478 e.